The molecule has 3 nitrogen and oxygen atoms in total. The molecule has 1 aromatic rings. The van der Waals surface area contributed by atoms with Gasteiger partial charge in [-0.25, -0.2) is 4.98 Å². The molecule has 0 aliphatic rings. The molecule has 0 fully saturated rings. The van der Waals surface area contributed by atoms with E-state index in [-0.39, 0.29) is 5.41 Å². The van der Waals surface area contributed by atoms with E-state index in [1.807, 2.05) is 5.51 Å². The zero-order valence-electron chi connectivity index (χ0n) is 10.8. The van der Waals surface area contributed by atoms with Gasteiger partial charge in [-0.1, -0.05) is 13.8 Å². The topological polar surface area (TPSA) is 42.2 Å². The molecule has 0 saturated carbocycles. The number of aromatic nitrogens is 1. The fraction of sp³-hybridized carbons (Fsp3) is 0.750. The molecule has 0 amide bonds. The number of hydrogen-bond donors (Lipinski definition) is 1. The van der Waals surface area contributed by atoms with Gasteiger partial charge < -0.3 is 10.6 Å². The standard InChI is InChI=1S/C12H23N3S/c1-10-11(16-9-14-10)7-15(4)6-5-12(2,3)8-13/h9H,5-8,13H2,1-4H3. The van der Waals surface area contributed by atoms with Gasteiger partial charge in [0.15, 0.2) is 0 Å². The predicted molar refractivity (Wildman–Crippen MR) is 70.6 cm³/mol. The van der Waals surface area contributed by atoms with Crippen LogP contribution in [0.15, 0.2) is 5.51 Å². The highest BCUT2D eigenvalue weighted by Gasteiger charge is 2.16. The van der Waals surface area contributed by atoms with Crippen LogP contribution < -0.4 is 5.73 Å². The van der Waals surface area contributed by atoms with E-state index in [9.17, 15) is 0 Å². The van der Waals surface area contributed by atoms with E-state index in [0.29, 0.717) is 0 Å². The lowest BCUT2D eigenvalue weighted by atomic mass is 9.89. The zero-order chi connectivity index (χ0) is 12.2. The molecule has 0 unspecified atom stereocenters. The van der Waals surface area contributed by atoms with Crippen LogP contribution in [0.4, 0.5) is 0 Å². The van der Waals surface area contributed by atoms with Gasteiger partial charge in [-0.2, -0.15) is 0 Å². The highest BCUT2D eigenvalue weighted by molar-refractivity contribution is 7.09. The first-order chi connectivity index (χ1) is 7.44. The minimum Gasteiger partial charge on any atom is -0.330 e. The molecule has 0 radical (unpaired) electrons. The zero-order valence-corrected chi connectivity index (χ0v) is 11.6. The molecule has 16 heavy (non-hydrogen) atoms. The molecule has 0 saturated heterocycles. The second-order valence-corrected chi connectivity index (χ2v) is 6.16. The molecule has 4 heteroatoms. The SMILES string of the molecule is Cc1ncsc1CN(C)CCC(C)(C)CN. The van der Waals surface area contributed by atoms with Gasteiger partial charge in [0.25, 0.3) is 0 Å². The van der Waals surface area contributed by atoms with Crippen molar-refractivity contribution in [1.29, 1.82) is 0 Å². The lowest BCUT2D eigenvalue weighted by molar-refractivity contribution is 0.250. The third kappa shape index (κ3) is 4.20. The van der Waals surface area contributed by atoms with Gasteiger partial charge in [0, 0.05) is 11.4 Å². The van der Waals surface area contributed by atoms with Crippen LogP contribution in [0.3, 0.4) is 0 Å². The van der Waals surface area contributed by atoms with Crippen LogP contribution >= 0.6 is 11.3 Å². The van der Waals surface area contributed by atoms with E-state index in [4.69, 9.17) is 5.73 Å². The summed E-state index contributed by atoms with van der Waals surface area (Å²) < 4.78 is 0. The monoisotopic (exact) mass is 241 g/mol. The molecule has 1 aromatic heterocycles. The van der Waals surface area contributed by atoms with Gasteiger partial charge in [-0.15, -0.1) is 11.3 Å². The summed E-state index contributed by atoms with van der Waals surface area (Å²) in [6, 6.07) is 0. The molecule has 0 aromatic carbocycles. The summed E-state index contributed by atoms with van der Waals surface area (Å²) in [6.07, 6.45) is 1.14. The van der Waals surface area contributed by atoms with Crippen molar-refractivity contribution < 1.29 is 0 Å². The Morgan fingerprint density at radius 3 is 2.69 bits per heavy atom. The molecule has 0 atom stereocenters. The molecular weight excluding hydrogens is 218 g/mol. The number of rotatable bonds is 6. The largest absolute Gasteiger partial charge is 0.330 e. The van der Waals surface area contributed by atoms with Crippen molar-refractivity contribution in [3.05, 3.63) is 16.1 Å². The number of nitrogens with two attached hydrogens (primary N) is 1. The van der Waals surface area contributed by atoms with Crippen molar-refractivity contribution in [3.8, 4) is 0 Å². The lowest BCUT2D eigenvalue weighted by Gasteiger charge is -2.25. The molecule has 92 valence electrons. The molecule has 0 aliphatic heterocycles. The summed E-state index contributed by atoms with van der Waals surface area (Å²) in [5, 5.41) is 0. The molecule has 0 spiro atoms. The van der Waals surface area contributed by atoms with E-state index < -0.39 is 0 Å². The van der Waals surface area contributed by atoms with Crippen LogP contribution in [-0.2, 0) is 6.54 Å². The predicted octanol–water partition coefficient (Wildman–Crippen LogP) is 2.26. The van der Waals surface area contributed by atoms with Crippen LogP contribution in [0.5, 0.6) is 0 Å². The van der Waals surface area contributed by atoms with Crippen LogP contribution in [0, 0.1) is 12.3 Å². The Morgan fingerprint density at radius 1 is 1.50 bits per heavy atom. The molecule has 2 N–H and O–H groups in total. The highest BCUT2D eigenvalue weighted by Crippen LogP contribution is 2.20. The maximum absolute atomic E-state index is 5.73. The first-order valence-electron chi connectivity index (χ1n) is 5.72. The molecule has 1 rings (SSSR count). The van der Waals surface area contributed by atoms with E-state index in [1.54, 1.807) is 11.3 Å². The van der Waals surface area contributed by atoms with Crippen LogP contribution in [0.2, 0.25) is 0 Å². The maximum atomic E-state index is 5.73. The fourth-order valence-electron chi connectivity index (χ4n) is 1.40. The van der Waals surface area contributed by atoms with E-state index in [0.717, 1.165) is 31.7 Å². The average Bonchev–Trinajstić information content (AvgIpc) is 2.62. The number of nitrogens with zero attached hydrogens (tertiary/aromatic N) is 2. The minimum atomic E-state index is 0.247. The Balaban J connectivity index is 2.37. The lowest BCUT2D eigenvalue weighted by Crippen LogP contribution is -2.29. The third-order valence-corrected chi connectivity index (χ3v) is 3.90. The van der Waals surface area contributed by atoms with E-state index >= 15 is 0 Å². The molecule has 0 aliphatic carbocycles. The van der Waals surface area contributed by atoms with Crippen LogP contribution in [0.25, 0.3) is 0 Å². The Labute approximate surface area is 103 Å². The van der Waals surface area contributed by atoms with Crippen molar-refractivity contribution in [2.24, 2.45) is 11.1 Å². The van der Waals surface area contributed by atoms with Gasteiger partial charge in [-0.05, 0) is 38.9 Å². The summed E-state index contributed by atoms with van der Waals surface area (Å²) in [5.41, 5.74) is 9.05. The van der Waals surface area contributed by atoms with Gasteiger partial charge in [0.2, 0.25) is 0 Å². The van der Waals surface area contributed by atoms with E-state index in [2.05, 4.69) is 37.7 Å². The number of thiazole rings is 1. The summed E-state index contributed by atoms with van der Waals surface area (Å²) in [5.74, 6) is 0. The Bertz CT molecular complexity index is 320. The number of aryl methyl sites for hydroxylation is 1. The van der Waals surface area contributed by atoms with Crippen molar-refractivity contribution in [2.75, 3.05) is 20.1 Å². The van der Waals surface area contributed by atoms with Crippen molar-refractivity contribution in [3.63, 3.8) is 0 Å². The van der Waals surface area contributed by atoms with Gasteiger partial charge in [0.1, 0.15) is 0 Å². The Kier molecular flexibility index (Phi) is 4.89. The second-order valence-electron chi connectivity index (χ2n) is 5.22. The quantitative estimate of drug-likeness (QED) is 0.830. The van der Waals surface area contributed by atoms with Gasteiger partial charge in [0.05, 0.1) is 11.2 Å². The Morgan fingerprint density at radius 2 is 2.19 bits per heavy atom. The summed E-state index contributed by atoms with van der Waals surface area (Å²) in [7, 11) is 2.16. The van der Waals surface area contributed by atoms with E-state index in [1.165, 1.54) is 4.88 Å². The summed E-state index contributed by atoms with van der Waals surface area (Å²) in [4.78, 5) is 7.98. The third-order valence-electron chi connectivity index (χ3n) is 2.98. The summed E-state index contributed by atoms with van der Waals surface area (Å²) in [6.45, 7) is 9.35. The molecular formula is C12H23N3S. The second kappa shape index (κ2) is 5.75. The molecule has 1 heterocycles. The van der Waals surface area contributed by atoms with Crippen molar-refractivity contribution in [2.45, 2.75) is 33.7 Å². The maximum Gasteiger partial charge on any atom is 0.0798 e. The highest BCUT2D eigenvalue weighted by atomic mass is 32.1. The average molecular weight is 241 g/mol. The van der Waals surface area contributed by atoms with Crippen molar-refractivity contribution in [1.82, 2.24) is 9.88 Å². The first-order valence-corrected chi connectivity index (χ1v) is 6.60. The van der Waals surface area contributed by atoms with Gasteiger partial charge >= 0.3 is 0 Å². The number of hydrogen-bond acceptors (Lipinski definition) is 4. The molecule has 0 bridgehead atoms. The van der Waals surface area contributed by atoms with Crippen molar-refractivity contribution >= 4 is 11.3 Å². The first kappa shape index (κ1) is 13.6. The normalized spacial score (nSPS) is 12.4. The smallest absolute Gasteiger partial charge is 0.0798 e. The minimum absolute atomic E-state index is 0.247. The fourth-order valence-corrected chi connectivity index (χ4v) is 2.25. The van der Waals surface area contributed by atoms with Crippen LogP contribution in [0.1, 0.15) is 30.8 Å². The van der Waals surface area contributed by atoms with Crippen LogP contribution in [-0.4, -0.2) is 30.0 Å². The van der Waals surface area contributed by atoms with Gasteiger partial charge in [-0.3, -0.25) is 0 Å². The Hall–Kier alpha value is -0.450. The summed E-state index contributed by atoms with van der Waals surface area (Å²) >= 11 is 1.74.